The van der Waals surface area contributed by atoms with Crippen LogP contribution in [0, 0.1) is 33.5 Å². The fourth-order valence-corrected chi connectivity index (χ4v) is 7.25. The van der Waals surface area contributed by atoms with Crippen LogP contribution < -0.4 is 16.1 Å². The summed E-state index contributed by atoms with van der Waals surface area (Å²) in [5.41, 5.74) is 15.5. The third-order valence-corrected chi connectivity index (χ3v) is 12.0. The number of methoxy groups -OCH3 is 1. The molecule has 33 nitrogen and oxygen atoms in total. The number of ether oxygens (including phenoxy) is 1. The van der Waals surface area contributed by atoms with Gasteiger partial charge >= 0.3 is 0 Å². The number of H-pyrrole nitrogens is 7. The lowest BCUT2D eigenvalue weighted by atomic mass is 10.1. The molecule has 0 saturated heterocycles. The van der Waals surface area contributed by atoms with E-state index in [0.29, 0.717) is 54.0 Å². The van der Waals surface area contributed by atoms with E-state index >= 15 is 0 Å². The second-order valence-electron chi connectivity index (χ2n) is 18.5. The molecule has 0 radical (unpaired) electrons. The molecular weight excluding hydrogens is 1170 g/mol. The lowest BCUT2D eigenvalue weighted by Crippen LogP contribution is -2.14. The molecule has 0 saturated carbocycles. The third kappa shape index (κ3) is 21.1. The monoisotopic (exact) mass is 1230 g/mol. The molecule has 14 aromatic rings. The minimum absolute atomic E-state index is 0.271. The number of aromatic nitrogens is 28. The highest BCUT2D eigenvalue weighted by Gasteiger charge is 2.08. The third-order valence-electron chi connectivity index (χ3n) is 12.0. The molecule has 10 N–H and O–H groups in total. The van der Waals surface area contributed by atoms with Gasteiger partial charge in [0.2, 0.25) is 40.8 Å². The van der Waals surface area contributed by atoms with Gasteiger partial charge in [0.05, 0.1) is 5.56 Å². The number of aryl methyl sites for hydroxylation is 4. The van der Waals surface area contributed by atoms with Gasteiger partial charge in [0.1, 0.15) is 19.3 Å². The van der Waals surface area contributed by atoms with Gasteiger partial charge in [-0.25, -0.2) is 9.87 Å². The average Bonchev–Trinajstić information content (AvgIpc) is 4.27. The van der Waals surface area contributed by atoms with Crippen LogP contribution in [0.5, 0.6) is 0 Å². The highest BCUT2D eigenvalue weighted by molar-refractivity contribution is 5.61. The molecule has 14 rings (SSSR count). The van der Waals surface area contributed by atoms with Crippen molar-refractivity contribution in [2.24, 2.45) is 0 Å². The van der Waals surface area contributed by atoms with E-state index in [9.17, 15) is 4.39 Å². The Bertz CT molecular complexity index is 3810. The zero-order valence-corrected chi connectivity index (χ0v) is 49.7. The number of nitrogens with one attached hydrogen (secondary N) is 10. The highest BCUT2D eigenvalue weighted by Crippen LogP contribution is 2.20. The van der Waals surface area contributed by atoms with Gasteiger partial charge in [-0.3, -0.25) is 4.84 Å². The molecule has 0 fully saturated rings. The Morgan fingerprint density at radius 1 is 0.330 bits per heavy atom. The molecule has 7 aromatic heterocycles. The summed E-state index contributed by atoms with van der Waals surface area (Å²) in [5.74, 6) is 3.63. The molecular formula is C57H60FN31O2. The molecule has 0 aliphatic carbocycles. The summed E-state index contributed by atoms with van der Waals surface area (Å²) < 4.78 is 17.9. The van der Waals surface area contributed by atoms with Gasteiger partial charge in [0.15, 0.2) is 0 Å². The Labute approximate surface area is 517 Å². The zero-order chi connectivity index (χ0) is 63.7. The van der Waals surface area contributed by atoms with Crippen molar-refractivity contribution in [3.63, 3.8) is 0 Å². The molecule has 0 amide bonds. The van der Waals surface area contributed by atoms with Crippen molar-refractivity contribution in [2.45, 2.75) is 27.7 Å². The lowest BCUT2D eigenvalue weighted by molar-refractivity contribution is 0.0727. The van der Waals surface area contributed by atoms with Crippen LogP contribution in [0.3, 0.4) is 0 Å². The van der Waals surface area contributed by atoms with Crippen LogP contribution in [-0.4, -0.2) is 172 Å². The molecule has 0 atom stereocenters. The zero-order valence-electron chi connectivity index (χ0n) is 49.7. The van der Waals surface area contributed by atoms with Gasteiger partial charge in [0, 0.05) is 58.9 Å². The first-order chi connectivity index (χ1) is 44.6. The topological polar surface area (TPSA) is 436 Å². The summed E-state index contributed by atoms with van der Waals surface area (Å²) in [6.07, 6.45) is 0. The Balaban J connectivity index is 0.000000137. The first kappa shape index (κ1) is 64.4. The summed E-state index contributed by atoms with van der Waals surface area (Å²) >= 11 is 0. The van der Waals surface area contributed by atoms with Gasteiger partial charge in [0.25, 0.3) is 0 Å². The smallest absolute Gasteiger partial charge is 0.207 e. The summed E-state index contributed by atoms with van der Waals surface area (Å²) in [6, 6.07) is 53.6. The lowest BCUT2D eigenvalue weighted by Gasteiger charge is -2.05. The largest absolute Gasteiger partial charge is 0.365 e. The molecule has 0 bridgehead atoms. The van der Waals surface area contributed by atoms with Gasteiger partial charge in [-0.2, -0.15) is 36.5 Å². The Hall–Kier alpha value is -12.6. The van der Waals surface area contributed by atoms with Crippen molar-refractivity contribution in [3.05, 3.63) is 198 Å². The Morgan fingerprint density at radius 2 is 0.582 bits per heavy atom. The number of aromatic amines is 7. The fourth-order valence-electron chi connectivity index (χ4n) is 7.25. The molecule has 0 aliphatic heterocycles. The molecule has 7 aromatic carbocycles. The number of rotatable bonds is 14. The van der Waals surface area contributed by atoms with Crippen molar-refractivity contribution in [1.29, 1.82) is 0 Å². The minimum atomic E-state index is -0.348. The van der Waals surface area contributed by atoms with Crippen LogP contribution in [0.15, 0.2) is 170 Å². The van der Waals surface area contributed by atoms with Gasteiger partial charge in [-0.1, -0.05) is 131 Å². The Kier molecular flexibility index (Phi) is 24.9. The average molecular weight is 1230 g/mol. The highest BCUT2D eigenvalue weighted by atomic mass is 19.1. The molecule has 0 spiro atoms. The summed E-state index contributed by atoms with van der Waals surface area (Å²) in [6.45, 7) is 9.06. The number of benzene rings is 7. The van der Waals surface area contributed by atoms with Crippen LogP contribution in [0.1, 0.15) is 22.3 Å². The second kappa shape index (κ2) is 35.2. The number of nitrogens with zero attached hydrogens (tertiary/aromatic N) is 21. The van der Waals surface area contributed by atoms with E-state index in [1.807, 2.05) is 173 Å². The predicted molar refractivity (Wildman–Crippen MR) is 330 cm³/mol. The van der Waals surface area contributed by atoms with Gasteiger partial charge in [-0.05, 0) is 125 Å². The first-order valence-corrected chi connectivity index (χ1v) is 27.3. The maximum Gasteiger partial charge on any atom is 0.207 e. The van der Waals surface area contributed by atoms with E-state index < -0.39 is 0 Å². The van der Waals surface area contributed by atoms with E-state index in [2.05, 4.69) is 160 Å². The van der Waals surface area contributed by atoms with E-state index in [4.69, 9.17) is 9.57 Å². The van der Waals surface area contributed by atoms with Crippen LogP contribution in [-0.2, 0) is 9.57 Å². The number of anilines is 2. The molecule has 34 heteroatoms. The first-order valence-electron chi connectivity index (χ1n) is 27.3. The SMILES string of the molecule is CNOCNc1ccc(-c2nn[nH]n2)cc1.COCNc1ccc(-c2nn[nH]n2)cc1.Cc1ccc(-c2nn[nH]n2)cc1.Cc1ccc(-c2nn[nH]n2)cc1.Cc1ccc(-c2nn[nH]n2)cc1.Cc1ccc(-c2nn[nH]n2)cc1.Fc1ccccc1-c1nn[nH]n1. The number of halogens is 1. The van der Waals surface area contributed by atoms with Crippen molar-refractivity contribution in [1.82, 2.24) is 150 Å². The van der Waals surface area contributed by atoms with E-state index in [1.165, 1.54) is 28.3 Å². The van der Waals surface area contributed by atoms with E-state index in [1.54, 1.807) is 32.4 Å². The summed E-state index contributed by atoms with van der Waals surface area (Å²) in [5, 5.41) is 101. The van der Waals surface area contributed by atoms with Crippen molar-refractivity contribution >= 4 is 11.4 Å². The molecule has 7 heterocycles. The van der Waals surface area contributed by atoms with Crippen molar-refractivity contribution in [2.75, 3.05) is 38.3 Å². The van der Waals surface area contributed by atoms with E-state index in [-0.39, 0.29) is 11.6 Å². The van der Waals surface area contributed by atoms with Crippen LogP contribution in [0.25, 0.3) is 79.7 Å². The van der Waals surface area contributed by atoms with Gasteiger partial charge < -0.3 is 15.4 Å². The predicted octanol–water partition coefficient (Wildman–Crippen LogP) is 6.98. The maximum atomic E-state index is 13.0. The molecule has 0 aliphatic rings. The standard InChI is InChI=1S/C9H12N6O.C9H11N5O.4C8H8N4.C7H5FN4/c1-10-16-6-11-8-4-2-7(3-5-8)9-12-14-15-13-9;1-15-6-10-8-4-2-7(3-5-8)9-11-13-14-12-9;4*1-6-2-4-7(5-3-6)8-9-11-12-10-8;8-6-4-2-1-3-5(6)7-9-11-12-10-7/h2-5,10-11H,6H2,1H3,(H,12,13,14,15);2-5,10H,6H2,1H3,(H,11,12,13,14);4*2-5H,1H3,(H,9,10,11,12);1-4H,(H,9,10,11,12). The summed E-state index contributed by atoms with van der Waals surface area (Å²) in [4.78, 5) is 4.94. The van der Waals surface area contributed by atoms with Crippen LogP contribution >= 0.6 is 0 Å². The molecule has 462 valence electrons. The second-order valence-corrected chi connectivity index (χ2v) is 18.5. The number of hydrogen-bond acceptors (Lipinski definition) is 26. The van der Waals surface area contributed by atoms with Crippen molar-refractivity contribution < 1.29 is 14.0 Å². The Morgan fingerprint density at radius 3 is 0.824 bits per heavy atom. The van der Waals surface area contributed by atoms with Crippen molar-refractivity contribution in [3.8, 4) is 79.7 Å². The van der Waals surface area contributed by atoms with E-state index in [0.717, 1.165) is 44.8 Å². The van der Waals surface area contributed by atoms with Gasteiger partial charge in [-0.15, -0.1) is 71.4 Å². The fraction of sp³-hybridized carbons (Fsp3) is 0.140. The maximum absolute atomic E-state index is 13.0. The number of tetrazole rings is 7. The normalized spacial score (nSPS) is 10.1. The molecule has 0 unspecified atom stereocenters. The number of hydroxylamine groups is 1. The molecule has 91 heavy (non-hydrogen) atoms. The van der Waals surface area contributed by atoms with Crippen LogP contribution in [0.2, 0.25) is 0 Å². The quantitative estimate of drug-likeness (QED) is 0.0298. The minimum Gasteiger partial charge on any atom is -0.365 e. The number of hydrogen-bond donors (Lipinski definition) is 10. The summed E-state index contributed by atoms with van der Waals surface area (Å²) in [7, 11) is 3.35. The van der Waals surface area contributed by atoms with Crippen LogP contribution in [0.4, 0.5) is 15.8 Å².